The number of amides is 1. The number of hydrogen-bond donors (Lipinski definition) is 1. The van der Waals surface area contributed by atoms with Gasteiger partial charge in [0, 0.05) is 37.6 Å². The highest BCUT2D eigenvalue weighted by Gasteiger charge is 2.30. The first-order chi connectivity index (χ1) is 15.2. The lowest BCUT2D eigenvalue weighted by Crippen LogP contribution is -2.33. The molecule has 32 heavy (non-hydrogen) atoms. The summed E-state index contributed by atoms with van der Waals surface area (Å²) in [6, 6.07) is 4.21. The molecule has 0 unspecified atom stereocenters. The number of carbonyl (C=O) groups is 1. The molecule has 1 N–H and O–H groups in total. The number of nitrogens with one attached hydrogen (secondary N) is 1. The fourth-order valence-electron chi connectivity index (χ4n) is 3.39. The summed E-state index contributed by atoms with van der Waals surface area (Å²) in [5, 5.41) is 6.81. The number of anilines is 2. The van der Waals surface area contributed by atoms with Crippen LogP contribution in [-0.2, 0) is 11.3 Å². The minimum absolute atomic E-state index is 0.0248. The first-order valence-electron chi connectivity index (χ1n) is 9.74. The lowest BCUT2D eigenvalue weighted by molar-refractivity contribution is -0.141. The van der Waals surface area contributed by atoms with Gasteiger partial charge >= 0.3 is 6.18 Å². The van der Waals surface area contributed by atoms with E-state index >= 15 is 0 Å². The topological polar surface area (TPSA) is 72.3 Å². The van der Waals surface area contributed by atoms with Gasteiger partial charge in [-0.1, -0.05) is 0 Å². The summed E-state index contributed by atoms with van der Waals surface area (Å²) in [4.78, 5) is 18.5. The largest absolute Gasteiger partial charge is 0.408 e. The van der Waals surface area contributed by atoms with Crippen LogP contribution in [0.2, 0.25) is 0 Å². The zero-order valence-electron chi connectivity index (χ0n) is 16.6. The Hall–Kier alpha value is -3.28. The molecule has 12 heteroatoms. The molecule has 1 aliphatic heterocycles. The smallest absolute Gasteiger partial charge is 0.380 e. The van der Waals surface area contributed by atoms with Crippen LogP contribution in [0.4, 0.5) is 33.5 Å². The lowest BCUT2D eigenvalue weighted by atomic mass is 10.2. The molecule has 0 aliphatic carbocycles. The van der Waals surface area contributed by atoms with Crippen molar-refractivity contribution in [1.82, 2.24) is 19.7 Å². The molecule has 0 bridgehead atoms. The summed E-state index contributed by atoms with van der Waals surface area (Å²) in [7, 11) is 0. The Kier molecular flexibility index (Phi) is 5.96. The normalized spacial score (nSPS) is 15.1. The molecule has 1 amide bonds. The number of rotatable bonds is 4. The van der Waals surface area contributed by atoms with Gasteiger partial charge in [-0.2, -0.15) is 18.3 Å². The number of fused-ring (bicyclic) bond motifs is 1. The van der Waals surface area contributed by atoms with Gasteiger partial charge in [0.2, 0.25) is 0 Å². The number of benzene rings is 1. The molecule has 1 aromatic carbocycles. The van der Waals surface area contributed by atoms with E-state index in [4.69, 9.17) is 4.74 Å². The second-order valence-corrected chi connectivity index (χ2v) is 7.22. The van der Waals surface area contributed by atoms with Crippen LogP contribution in [0.1, 0.15) is 16.9 Å². The van der Waals surface area contributed by atoms with E-state index in [0.29, 0.717) is 37.4 Å². The van der Waals surface area contributed by atoms with E-state index in [1.54, 1.807) is 0 Å². The van der Waals surface area contributed by atoms with Crippen LogP contribution < -0.4 is 5.32 Å². The Morgan fingerprint density at radius 3 is 2.69 bits per heavy atom. The van der Waals surface area contributed by atoms with Crippen molar-refractivity contribution in [2.75, 3.05) is 31.6 Å². The summed E-state index contributed by atoms with van der Waals surface area (Å²) in [5.41, 5.74) is 0.0890. The van der Waals surface area contributed by atoms with Crippen LogP contribution in [0.15, 0.2) is 30.5 Å². The fourth-order valence-corrected chi connectivity index (χ4v) is 3.39. The molecule has 0 spiro atoms. The highest BCUT2D eigenvalue weighted by Crippen LogP contribution is 2.29. The van der Waals surface area contributed by atoms with Crippen LogP contribution in [0, 0.1) is 11.6 Å². The number of pyridine rings is 1. The minimum Gasteiger partial charge on any atom is -0.380 e. The second-order valence-electron chi connectivity index (χ2n) is 7.22. The summed E-state index contributed by atoms with van der Waals surface area (Å²) in [6.07, 6.45) is -2.70. The van der Waals surface area contributed by atoms with E-state index in [1.165, 1.54) is 23.2 Å². The molecule has 1 aliphatic rings. The first kappa shape index (κ1) is 21.9. The molecule has 3 aromatic rings. The summed E-state index contributed by atoms with van der Waals surface area (Å²) in [5.74, 6) is -2.65. The molecule has 0 atom stereocenters. The molecular formula is C20H18F5N5O2. The third-order valence-corrected chi connectivity index (χ3v) is 4.88. The maximum Gasteiger partial charge on any atom is 0.408 e. The SMILES string of the molecule is O=C(c1cc2c(cn1)c(Nc1ccc(F)c(F)c1)nn2CC(F)(F)F)N1CCCOCC1. The Morgan fingerprint density at radius 2 is 1.94 bits per heavy atom. The molecule has 0 saturated carbocycles. The Balaban J connectivity index is 1.72. The zero-order chi connectivity index (χ0) is 22.9. The van der Waals surface area contributed by atoms with Gasteiger partial charge in [0.25, 0.3) is 5.91 Å². The van der Waals surface area contributed by atoms with Gasteiger partial charge in [0.05, 0.1) is 17.5 Å². The molecule has 4 rings (SSSR count). The summed E-state index contributed by atoms with van der Waals surface area (Å²) < 4.78 is 72.1. The highest BCUT2D eigenvalue weighted by atomic mass is 19.4. The van der Waals surface area contributed by atoms with Crippen molar-refractivity contribution in [3.63, 3.8) is 0 Å². The minimum atomic E-state index is -4.58. The molecule has 1 fully saturated rings. The highest BCUT2D eigenvalue weighted by molar-refractivity contribution is 5.98. The third-order valence-electron chi connectivity index (χ3n) is 4.88. The number of carbonyl (C=O) groups excluding carboxylic acids is 1. The number of nitrogens with zero attached hydrogens (tertiary/aromatic N) is 4. The average Bonchev–Trinajstić information content (AvgIpc) is 2.91. The number of hydrogen-bond acceptors (Lipinski definition) is 5. The van der Waals surface area contributed by atoms with E-state index < -0.39 is 30.3 Å². The van der Waals surface area contributed by atoms with Gasteiger partial charge in [-0.3, -0.25) is 14.5 Å². The number of halogens is 5. The molecule has 0 radical (unpaired) electrons. The van der Waals surface area contributed by atoms with Gasteiger partial charge in [-0.05, 0) is 24.6 Å². The first-order valence-corrected chi connectivity index (χ1v) is 9.74. The van der Waals surface area contributed by atoms with Gasteiger partial charge in [0.15, 0.2) is 17.5 Å². The van der Waals surface area contributed by atoms with Crippen molar-refractivity contribution in [2.45, 2.75) is 19.1 Å². The second kappa shape index (κ2) is 8.69. The van der Waals surface area contributed by atoms with E-state index in [9.17, 15) is 26.7 Å². The van der Waals surface area contributed by atoms with E-state index in [0.717, 1.165) is 12.1 Å². The van der Waals surface area contributed by atoms with Crippen LogP contribution in [-0.4, -0.2) is 58.1 Å². The molecular weight excluding hydrogens is 437 g/mol. The van der Waals surface area contributed by atoms with Crippen molar-refractivity contribution >= 4 is 28.3 Å². The zero-order valence-corrected chi connectivity index (χ0v) is 16.6. The van der Waals surface area contributed by atoms with Crippen molar-refractivity contribution in [2.24, 2.45) is 0 Å². The van der Waals surface area contributed by atoms with Crippen LogP contribution in [0.5, 0.6) is 0 Å². The number of ether oxygens (including phenoxy) is 1. The van der Waals surface area contributed by atoms with Crippen molar-refractivity contribution in [1.29, 1.82) is 0 Å². The monoisotopic (exact) mass is 455 g/mol. The average molecular weight is 455 g/mol. The summed E-state index contributed by atoms with van der Waals surface area (Å²) >= 11 is 0. The molecule has 1 saturated heterocycles. The van der Waals surface area contributed by atoms with Crippen molar-refractivity contribution < 1.29 is 31.5 Å². The van der Waals surface area contributed by atoms with Gasteiger partial charge in [-0.15, -0.1) is 0 Å². The lowest BCUT2D eigenvalue weighted by Gasteiger charge is -2.19. The van der Waals surface area contributed by atoms with Crippen LogP contribution in [0.25, 0.3) is 10.9 Å². The fraction of sp³-hybridized carbons (Fsp3) is 0.350. The number of aromatic nitrogens is 3. The third kappa shape index (κ3) is 4.79. The van der Waals surface area contributed by atoms with E-state index in [2.05, 4.69) is 15.4 Å². The number of alkyl halides is 3. The van der Waals surface area contributed by atoms with Crippen molar-refractivity contribution in [3.8, 4) is 0 Å². The van der Waals surface area contributed by atoms with Crippen molar-refractivity contribution in [3.05, 3.63) is 47.8 Å². The van der Waals surface area contributed by atoms with Crippen LogP contribution in [0.3, 0.4) is 0 Å². The molecule has 7 nitrogen and oxygen atoms in total. The Labute approximate surface area is 178 Å². The maximum absolute atomic E-state index is 13.5. The van der Waals surface area contributed by atoms with E-state index in [-0.39, 0.29) is 28.1 Å². The maximum atomic E-state index is 13.5. The predicted molar refractivity (Wildman–Crippen MR) is 105 cm³/mol. The van der Waals surface area contributed by atoms with E-state index in [1.807, 2.05) is 0 Å². The van der Waals surface area contributed by atoms with Gasteiger partial charge in [0.1, 0.15) is 12.2 Å². The van der Waals surface area contributed by atoms with Gasteiger partial charge in [-0.25, -0.2) is 8.78 Å². The quantitative estimate of drug-likeness (QED) is 0.605. The van der Waals surface area contributed by atoms with Gasteiger partial charge < -0.3 is 15.0 Å². The molecule has 3 heterocycles. The Bertz CT molecular complexity index is 1140. The predicted octanol–water partition coefficient (Wildman–Crippen LogP) is 3.88. The summed E-state index contributed by atoms with van der Waals surface area (Å²) in [6.45, 7) is 0.278. The molecule has 2 aromatic heterocycles. The molecule has 170 valence electrons. The Morgan fingerprint density at radius 1 is 1.12 bits per heavy atom. The van der Waals surface area contributed by atoms with Crippen LogP contribution >= 0.6 is 0 Å². The standard InChI is InChI=1S/C20H18F5N5O2/c21-14-3-2-12(8-15(14)22)27-18-13-10-26-16(19(31)29-4-1-6-32-7-5-29)9-17(13)30(28-18)11-20(23,24)25/h2-3,8-10H,1,4-7,11H2,(H,27,28).